The number of nitrogens with two attached hydrogens (primary N) is 1. The number of ether oxygens (including phenoxy) is 1. The molecule has 1 aliphatic heterocycles. The first-order valence-electron chi connectivity index (χ1n) is 14.2. The number of anilines is 1. The topological polar surface area (TPSA) is 97.5 Å². The van der Waals surface area contributed by atoms with Crippen molar-refractivity contribution < 1.29 is 14.3 Å². The highest BCUT2D eigenvalue weighted by Crippen LogP contribution is 2.40. The van der Waals surface area contributed by atoms with Crippen LogP contribution in [0.2, 0.25) is 0 Å². The molecule has 2 saturated carbocycles. The maximum Gasteiger partial charge on any atom is 0.410 e. The third kappa shape index (κ3) is 5.41. The van der Waals surface area contributed by atoms with Gasteiger partial charge < -0.3 is 20.7 Å². The number of cyclic esters (lactones) is 1. The normalized spacial score (nSPS) is 22.2. The molecule has 7 nitrogen and oxygen atoms in total. The van der Waals surface area contributed by atoms with Gasteiger partial charge in [-0.3, -0.25) is 4.79 Å². The highest BCUT2D eigenvalue weighted by atomic mass is 16.6. The van der Waals surface area contributed by atoms with Crippen LogP contribution in [0.15, 0.2) is 66.9 Å². The van der Waals surface area contributed by atoms with Crippen LogP contribution in [0.3, 0.4) is 0 Å². The average Bonchev–Trinajstić information content (AvgIpc) is 3.38. The molecule has 0 atom stereocenters. The van der Waals surface area contributed by atoms with E-state index in [0.717, 1.165) is 60.8 Å². The Balaban J connectivity index is 1.15. The Morgan fingerprint density at radius 2 is 1.72 bits per heavy atom. The molecule has 2 heterocycles. The van der Waals surface area contributed by atoms with Gasteiger partial charge in [0.05, 0.1) is 6.54 Å². The predicted octanol–water partition coefficient (Wildman–Crippen LogP) is 6.09. The SMILES string of the molecule is NC1(c2ccc(-c3cnc(NC(=O)CC4CCC(N5CCOC5=O)CC4)cc3-c3ccccc3)cc2)CCC1. The Hall–Kier alpha value is -3.71. The first kappa shape index (κ1) is 25.6. The standard InChI is InChI=1S/C32H36N4O3/c33-32(15-4-16-32)25-11-9-24(10-12-25)28-21-34-29(20-27(28)23-5-2-1-3-6-23)35-30(37)19-22-7-13-26(14-8-22)36-17-18-39-31(36)38/h1-3,5-6,9-12,20-22,26H,4,7-8,13-19,33H2,(H,34,35,37). The molecule has 1 saturated heterocycles. The number of rotatable bonds is 7. The Morgan fingerprint density at radius 1 is 1.00 bits per heavy atom. The summed E-state index contributed by atoms with van der Waals surface area (Å²) in [5.41, 5.74) is 11.7. The molecule has 6 rings (SSSR count). The van der Waals surface area contributed by atoms with E-state index < -0.39 is 0 Å². The molecule has 2 amide bonds. The Bertz CT molecular complexity index is 1330. The summed E-state index contributed by atoms with van der Waals surface area (Å²) in [5.74, 6) is 0.854. The molecule has 3 N–H and O–H groups in total. The van der Waals surface area contributed by atoms with E-state index in [1.54, 1.807) is 0 Å². The number of amides is 2. The summed E-state index contributed by atoms with van der Waals surface area (Å²) in [4.78, 5) is 31.3. The van der Waals surface area contributed by atoms with Crippen molar-refractivity contribution in [2.75, 3.05) is 18.5 Å². The van der Waals surface area contributed by atoms with E-state index in [-0.39, 0.29) is 23.6 Å². The van der Waals surface area contributed by atoms with Gasteiger partial charge in [0, 0.05) is 29.8 Å². The van der Waals surface area contributed by atoms with E-state index in [1.807, 2.05) is 35.4 Å². The van der Waals surface area contributed by atoms with Crippen molar-refractivity contribution >= 4 is 17.8 Å². The number of carbonyl (C=O) groups is 2. The molecule has 0 bridgehead atoms. The molecular weight excluding hydrogens is 488 g/mol. The first-order chi connectivity index (χ1) is 19.0. The van der Waals surface area contributed by atoms with Crippen LogP contribution in [0.5, 0.6) is 0 Å². The van der Waals surface area contributed by atoms with Crippen molar-refractivity contribution in [2.45, 2.75) is 62.9 Å². The zero-order valence-corrected chi connectivity index (χ0v) is 22.3. The lowest BCUT2D eigenvalue weighted by Crippen LogP contribution is -2.43. The second kappa shape index (κ2) is 10.8. The third-order valence-corrected chi connectivity index (χ3v) is 8.80. The van der Waals surface area contributed by atoms with Crippen LogP contribution in [-0.2, 0) is 15.1 Å². The Kier molecular flexibility index (Phi) is 7.09. The second-order valence-electron chi connectivity index (χ2n) is 11.3. The van der Waals surface area contributed by atoms with Crippen molar-refractivity contribution in [3.05, 3.63) is 72.4 Å². The van der Waals surface area contributed by atoms with Crippen LogP contribution in [0.4, 0.5) is 10.6 Å². The Labute approximate surface area is 229 Å². The van der Waals surface area contributed by atoms with Gasteiger partial charge in [-0.15, -0.1) is 0 Å². The number of nitrogens with one attached hydrogen (secondary N) is 1. The number of benzene rings is 2. The molecule has 3 aliphatic rings. The molecule has 0 unspecified atom stereocenters. The van der Waals surface area contributed by atoms with Gasteiger partial charge in [-0.25, -0.2) is 9.78 Å². The van der Waals surface area contributed by atoms with E-state index in [0.29, 0.717) is 31.3 Å². The van der Waals surface area contributed by atoms with Gasteiger partial charge in [-0.1, -0.05) is 54.6 Å². The lowest BCUT2D eigenvalue weighted by atomic mass is 9.72. The number of carbonyl (C=O) groups excluding carboxylic acids is 2. The van der Waals surface area contributed by atoms with Crippen molar-refractivity contribution in [1.29, 1.82) is 0 Å². The van der Waals surface area contributed by atoms with Gasteiger partial charge in [0.15, 0.2) is 0 Å². The van der Waals surface area contributed by atoms with Gasteiger partial charge in [0.1, 0.15) is 12.4 Å². The molecule has 0 spiro atoms. The summed E-state index contributed by atoms with van der Waals surface area (Å²) < 4.78 is 5.09. The summed E-state index contributed by atoms with van der Waals surface area (Å²) in [5, 5.41) is 3.04. The van der Waals surface area contributed by atoms with Crippen LogP contribution < -0.4 is 11.1 Å². The molecule has 3 aromatic rings. The van der Waals surface area contributed by atoms with Crippen molar-refractivity contribution in [3.8, 4) is 22.3 Å². The first-order valence-corrected chi connectivity index (χ1v) is 14.2. The van der Waals surface area contributed by atoms with Gasteiger partial charge in [0.25, 0.3) is 0 Å². The molecule has 39 heavy (non-hydrogen) atoms. The molecule has 1 aromatic heterocycles. The highest BCUT2D eigenvalue weighted by Gasteiger charge is 2.34. The lowest BCUT2D eigenvalue weighted by Gasteiger charge is -2.38. The largest absolute Gasteiger partial charge is 0.448 e. The summed E-state index contributed by atoms with van der Waals surface area (Å²) in [6.45, 7) is 1.16. The van der Waals surface area contributed by atoms with Crippen LogP contribution in [0, 0.1) is 5.92 Å². The molecule has 0 radical (unpaired) electrons. The molecule has 3 fully saturated rings. The maximum absolute atomic E-state index is 13.0. The summed E-state index contributed by atoms with van der Waals surface area (Å²) in [6.07, 6.45) is 9.08. The summed E-state index contributed by atoms with van der Waals surface area (Å²) >= 11 is 0. The highest BCUT2D eigenvalue weighted by molar-refractivity contribution is 5.92. The number of aromatic nitrogens is 1. The van der Waals surface area contributed by atoms with Crippen LogP contribution in [0.1, 0.15) is 56.9 Å². The number of hydrogen-bond acceptors (Lipinski definition) is 5. The van der Waals surface area contributed by atoms with Gasteiger partial charge in [-0.05, 0) is 79.2 Å². The maximum atomic E-state index is 13.0. The van der Waals surface area contributed by atoms with E-state index in [4.69, 9.17) is 10.5 Å². The fraction of sp³-hybridized carbons (Fsp3) is 0.406. The van der Waals surface area contributed by atoms with Crippen molar-refractivity contribution in [1.82, 2.24) is 9.88 Å². The smallest absolute Gasteiger partial charge is 0.410 e. The zero-order valence-electron chi connectivity index (χ0n) is 22.3. The minimum atomic E-state index is -0.197. The number of nitrogens with zero attached hydrogens (tertiary/aromatic N) is 2. The monoisotopic (exact) mass is 524 g/mol. The van der Waals surface area contributed by atoms with Crippen LogP contribution in [-0.4, -0.2) is 41.1 Å². The van der Waals surface area contributed by atoms with Gasteiger partial charge >= 0.3 is 6.09 Å². The van der Waals surface area contributed by atoms with E-state index >= 15 is 0 Å². The number of pyridine rings is 1. The van der Waals surface area contributed by atoms with E-state index in [2.05, 4.69) is 46.7 Å². The Morgan fingerprint density at radius 3 is 2.36 bits per heavy atom. The van der Waals surface area contributed by atoms with E-state index in [9.17, 15) is 9.59 Å². The molecule has 7 heteroatoms. The fourth-order valence-electron chi connectivity index (χ4n) is 6.29. The van der Waals surface area contributed by atoms with Crippen molar-refractivity contribution in [3.63, 3.8) is 0 Å². The fourth-order valence-corrected chi connectivity index (χ4v) is 6.29. The minimum absolute atomic E-state index is 0.0172. The zero-order chi connectivity index (χ0) is 26.8. The molecule has 202 valence electrons. The molecule has 2 aliphatic carbocycles. The van der Waals surface area contributed by atoms with E-state index in [1.165, 1.54) is 12.0 Å². The molecule has 2 aromatic carbocycles. The second-order valence-corrected chi connectivity index (χ2v) is 11.3. The number of hydrogen-bond donors (Lipinski definition) is 2. The average molecular weight is 525 g/mol. The summed E-state index contributed by atoms with van der Waals surface area (Å²) in [7, 11) is 0. The van der Waals surface area contributed by atoms with Crippen LogP contribution >= 0.6 is 0 Å². The molecular formula is C32H36N4O3. The summed E-state index contributed by atoms with van der Waals surface area (Å²) in [6, 6.07) is 20.9. The van der Waals surface area contributed by atoms with Gasteiger partial charge in [0.2, 0.25) is 5.91 Å². The van der Waals surface area contributed by atoms with Crippen molar-refractivity contribution in [2.24, 2.45) is 11.7 Å². The third-order valence-electron chi connectivity index (χ3n) is 8.80. The minimum Gasteiger partial charge on any atom is -0.448 e. The quantitative estimate of drug-likeness (QED) is 0.390. The lowest BCUT2D eigenvalue weighted by molar-refractivity contribution is -0.117. The predicted molar refractivity (Wildman–Crippen MR) is 152 cm³/mol. The van der Waals surface area contributed by atoms with Crippen LogP contribution in [0.25, 0.3) is 22.3 Å². The van der Waals surface area contributed by atoms with Gasteiger partial charge in [-0.2, -0.15) is 0 Å².